The number of hydrogen-bond donors (Lipinski definition) is 1. The highest BCUT2D eigenvalue weighted by atomic mass is 19.4. The molecular formula is C18H20F3N5O. The largest absolute Gasteiger partial charge is 0.493 e. The van der Waals surface area contributed by atoms with E-state index in [0.717, 1.165) is 15.8 Å². The number of nitrogens with zero attached hydrogens (tertiary/aromatic N) is 4. The Morgan fingerprint density at radius 3 is 2.63 bits per heavy atom. The molecule has 1 aromatic carbocycles. The Morgan fingerprint density at radius 1 is 1.19 bits per heavy atom. The van der Waals surface area contributed by atoms with Crippen molar-refractivity contribution in [3.63, 3.8) is 0 Å². The monoisotopic (exact) mass is 379 g/mol. The summed E-state index contributed by atoms with van der Waals surface area (Å²) in [7, 11) is 0. The average molecular weight is 379 g/mol. The van der Waals surface area contributed by atoms with Crippen molar-refractivity contribution in [3.8, 4) is 5.75 Å². The number of ether oxygens (including phenoxy) is 1. The quantitative estimate of drug-likeness (QED) is 0.699. The summed E-state index contributed by atoms with van der Waals surface area (Å²) in [4.78, 5) is 7.49. The highest BCUT2D eigenvalue weighted by Crippen LogP contribution is 2.27. The highest BCUT2D eigenvalue weighted by Gasteiger charge is 2.36. The Morgan fingerprint density at radius 2 is 1.93 bits per heavy atom. The fraction of sp³-hybridized carbons (Fsp3) is 0.389. The zero-order valence-corrected chi connectivity index (χ0v) is 15.2. The molecule has 0 unspecified atom stereocenters. The predicted octanol–water partition coefficient (Wildman–Crippen LogP) is 4.10. The van der Waals surface area contributed by atoms with Crippen molar-refractivity contribution in [3.05, 3.63) is 47.4 Å². The van der Waals surface area contributed by atoms with Crippen LogP contribution in [-0.4, -0.2) is 26.2 Å². The summed E-state index contributed by atoms with van der Waals surface area (Å²) in [6, 6.07) is 9.14. The van der Waals surface area contributed by atoms with Crippen LogP contribution < -0.4 is 10.1 Å². The van der Waals surface area contributed by atoms with E-state index < -0.39 is 12.0 Å². The van der Waals surface area contributed by atoms with Gasteiger partial charge in [-0.2, -0.15) is 22.7 Å². The van der Waals surface area contributed by atoms with Gasteiger partial charge in [-0.05, 0) is 18.9 Å². The second kappa shape index (κ2) is 7.42. The van der Waals surface area contributed by atoms with Gasteiger partial charge in [0.2, 0.25) is 0 Å². The van der Waals surface area contributed by atoms with Gasteiger partial charge in [0.15, 0.2) is 0 Å². The molecular weight excluding hydrogens is 359 g/mol. The third-order valence-electron chi connectivity index (χ3n) is 3.70. The van der Waals surface area contributed by atoms with E-state index in [0.29, 0.717) is 30.6 Å². The second-order valence-electron chi connectivity index (χ2n) is 6.59. The molecule has 144 valence electrons. The van der Waals surface area contributed by atoms with E-state index in [4.69, 9.17) is 4.74 Å². The highest BCUT2D eigenvalue weighted by molar-refractivity contribution is 5.47. The Hall–Kier alpha value is -2.84. The first-order chi connectivity index (χ1) is 12.7. The molecule has 0 aliphatic rings. The summed E-state index contributed by atoms with van der Waals surface area (Å²) in [5.74, 6) is 0.164. The standard InChI is InChI=1S/C18H20F3N5O/c1-11(2)10-27-14-7-5-4-6-13(14)9-22-15-8-12(3)23-17-24-16(18(19,20)21)25-26(15)17/h4-8,11,22H,9-10H2,1-3H3. The van der Waals surface area contributed by atoms with Crippen LogP contribution in [0.4, 0.5) is 19.0 Å². The summed E-state index contributed by atoms with van der Waals surface area (Å²) in [6.45, 7) is 6.73. The van der Waals surface area contributed by atoms with Crippen molar-refractivity contribution in [2.75, 3.05) is 11.9 Å². The van der Waals surface area contributed by atoms with Gasteiger partial charge in [-0.1, -0.05) is 32.0 Å². The average Bonchev–Trinajstić information content (AvgIpc) is 3.02. The lowest BCUT2D eigenvalue weighted by Gasteiger charge is -2.14. The molecule has 0 aliphatic heterocycles. The number of aryl methyl sites for hydroxylation is 1. The first kappa shape index (κ1) is 18.9. The van der Waals surface area contributed by atoms with Crippen molar-refractivity contribution < 1.29 is 17.9 Å². The van der Waals surface area contributed by atoms with Crippen molar-refractivity contribution in [2.24, 2.45) is 5.92 Å². The van der Waals surface area contributed by atoms with E-state index in [1.165, 1.54) is 0 Å². The van der Waals surface area contributed by atoms with E-state index in [1.807, 2.05) is 24.3 Å². The maximum atomic E-state index is 12.9. The summed E-state index contributed by atoms with van der Waals surface area (Å²) in [5, 5.41) is 6.65. The molecule has 0 bridgehead atoms. The Kier molecular flexibility index (Phi) is 5.20. The normalized spacial score (nSPS) is 12.0. The van der Waals surface area contributed by atoms with E-state index in [1.54, 1.807) is 13.0 Å². The van der Waals surface area contributed by atoms with E-state index in [-0.39, 0.29) is 5.78 Å². The fourth-order valence-electron chi connectivity index (χ4n) is 2.47. The van der Waals surface area contributed by atoms with Crippen LogP contribution in [0.15, 0.2) is 30.3 Å². The van der Waals surface area contributed by atoms with Crippen LogP contribution in [-0.2, 0) is 12.7 Å². The van der Waals surface area contributed by atoms with Crippen molar-refractivity contribution in [1.82, 2.24) is 19.6 Å². The van der Waals surface area contributed by atoms with Gasteiger partial charge < -0.3 is 10.1 Å². The molecule has 3 rings (SSSR count). The maximum Gasteiger partial charge on any atom is 0.453 e. The van der Waals surface area contributed by atoms with Crippen LogP contribution in [0.1, 0.15) is 30.9 Å². The third kappa shape index (κ3) is 4.47. The number of aromatic nitrogens is 4. The molecule has 3 aromatic rings. The topological polar surface area (TPSA) is 64.3 Å². The lowest BCUT2D eigenvalue weighted by atomic mass is 10.2. The van der Waals surface area contributed by atoms with Gasteiger partial charge in [0.05, 0.1) is 6.61 Å². The van der Waals surface area contributed by atoms with Crippen molar-refractivity contribution in [1.29, 1.82) is 0 Å². The third-order valence-corrected chi connectivity index (χ3v) is 3.70. The zero-order chi connectivity index (χ0) is 19.6. The Labute approximate surface area is 154 Å². The van der Waals surface area contributed by atoms with Crippen LogP contribution in [0.5, 0.6) is 5.75 Å². The van der Waals surface area contributed by atoms with E-state index in [2.05, 4.69) is 34.2 Å². The molecule has 1 N–H and O–H groups in total. The number of alkyl halides is 3. The summed E-state index contributed by atoms with van der Waals surface area (Å²) in [5.41, 5.74) is 1.42. The van der Waals surface area contributed by atoms with Crippen LogP contribution in [0.2, 0.25) is 0 Å². The minimum absolute atomic E-state index is 0.103. The molecule has 2 aromatic heterocycles. The molecule has 0 spiro atoms. The van der Waals surface area contributed by atoms with Gasteiger partial charge in [0.1, 0.15) is 11.6 Å². The predicted molar refractivity (Wildman–Crippen MR) is 94.6 cm³/mol. The molecule has 0 fully saturated rings. The van der Waals surface area contributed by atoms with Gasteiger partial charge in [-0.15, -0.1) is 5.10 Å². The number of fused-ring (bicyclic) bond motifs is 1. The second-order valence-corrected chi connectivity index (χ2v) is 6.59. The van der Waals surface area contributed by atoms with Crippen molar-refractivity contribution >= 4 is 11.6 Å². The zero-order valence-electron chi connectivity index (χ0n) is 15.2. The first-order valence-electron chi connectivity index (χ1n) is 8.50. The molecule has 27 heavy (non-hydrogen) atoms. The van der Waals surface area contributed by atoms with E-state index in [9.17, 15) is 13.2 Å². The maximum absolute atomic E-state index is 12.9. The number of nitrogens with one attached hydrogen (secondary N) is 1. The number of rotatable bonds is 6. The Bertz CT molecular complexity index is 936. The van der Waals surface area contributed by atoms with Gasteiger partial charge in [0, 0.05) is 23.9 Å². The molecule has 0 saturated heterocycles. The summed E-state index contributed by atoms with van der Waals surface area (Å²) < 4.78 is 45.6. The Balaban J connectivity index is 1.86. The van der Waals surface area contributed by atoms with Gasteiger partial charge in [-0.25, -0.2) is 4.98 Å². The smallest absolute Gasteiger partial charge is 0.453 e. The van der Waals surface area contributed by atoms with Crippen LogP contribution in [0.25, 0.3) is 5.78 Å². The first-order valence-corrected chi connectivity index (χ1v) is 8.50. The molecule has 0 aliphatic carbocycles. The summed E-state index contributed by atoms with van der Waals surface area (Å²) in [6.07, 6.45) is -4.63. The molecule has 0 amide bonds. The molecule has 2 heterocycles. The number of halogens is 3. The minimum atomic E-state index is -4.63. The molecule has 9 heteroatoms. The van der Waals surface area contributed by atoms with Gasteiger partial charge >= 0.3 is 6.18 Å². The van der Waals surface area contributed by atoms with Gasteiger partial charge in [-0.3, -0.25) is 0 Å². The molecule has 0 radical (unpaired) electrons. The number of benzene rings is 1. The number of anilines is 1. The SMILES string of the molecule is Cc1cc(NCc2ccccc2OCC(C)C)n2nc(C(F)(F)F)nc2n1. The summed E-state index contributed by atoms with van der Waals surface area (Å²) >= 11 is 0. The molecule has 0 atom stereocenters. The number of para-hydroxylation sites is 1. The van der Waals surface area contributed by atoms with Crippen molar-refractivity contribution in [2.45, 2.75) is 33.5 Å². The van der Waals surface area contributed by atoms with Crippen LogP contribution >= 0.6 is 0 Å². The van der Waals surface area contributed by atoms with Crippen LogP contribution in [0.3, 0.4) is 0 Å². The lowest BCUT2D eigenvalue weighted by molar-refractivity contribution is -0.144. The lowest BCUT2D eigenvalue weighted by Crippen LogP contribution is -2.11. The van der Waals surface area contributed by atoms with Crippen LogP contribution in [0, 0.1) is 12.8 Å². The van der Waals surface area contributed by atoms with E-state index >= 15 is 0 Å². The molecule has 0 saturated carbocycles. The van der Waals surface area contributed by atoms with Gasteiger partial charge in [0.25, 0.3) is 11.6 Å². The fourth-order valence-corrected chi connectivity index (χ4v) is 2.47. The minimum Gasteiger partial charge on any atom is -0.493 e. The number of hydrogen-bond acceptors (Lipinski definition) is 5. The molecule has 6 nitrogen and oxygen atoms in total.